The van der Waals surface area contributed by atoms with Gasteiger partial charge in [-0.15, -0.1) is 0 Å². The maximum absolute atomic E-state index is 12.0. The molecule has 27 heavy (non-hydrogen) atoms. The fourth-order valence-electron chi connectivity index (χ4n) is 3.26. The predicted octanol–water partition coefficient (Wildman–Crippen LogP) is 1.93. The molecule has 1 amide bonds. The van der Waals surface area contributed by atoms with Crippen molar-refractivity contribution >= 4 is 22.8 Å². The first kappa shape index (κ1) is 20.6. The Bertz CT molecular complexity index is 794. The first-order valence-electron chi connectivity index (χ1n) is 9.18. The lowest BCUT2D eigenvalue weighted by atomic mass is 9.92. The van der Waals surface area contributed by atoms with E-state index in [1.165, 1.54) is 0 Å². The summed E-state index contributed by atoms with van der Waals surface area (Å²) >= 11 is 0. The summed E-state index contributed by atoms with van der Waals surface area (Å²) in [5.41, 5.74) is 0.808. The number of aromatic nitrogens is 3. The van der Waals surface area contributed by atoms with E-state index < -0.39 is 0 Å². The second kappa shape index (κ2) is 9.33. The van der Waals surface area contributed by atoms with Gasteiger partial charge in [0.1, 0.15) is 24.2 Å². The minimum absolute atomic E-state index is 0.0552. The number of carbonyl (C=O) groups excluding carboxylic acids is 1. The number of amides is 1. The Labute approximate surface area is 159 Å². The highest BCUT2D eigenvalue weighted by Gasteiger charge is 2.32. The number of H-pyrrole nitrogens is 1. The average Bonchev–Trinajstić information content (AvgIpc) is 3.10. The highest BCUT2D eigenvalue weighted by Crippen LogP contribution is 2.28. The Hall–Kier alpha value is -2.66. The summed E-state index contributed by atoms with van der Waals surface area (Å²) in [5, 5.41) is 17.8. The van der Waals surface area contributed by atoms with Crippen LogP contribution in [0.3, 0.4) is 0 Å². The number of likely N-dealkylation sites (tertiary alicyclic amines) is 1. The number of aliphatic hydroxyl groups is 1. The van der Waals surface area contributed by atoms with Crippen LogP contribution >= 0.6 is 0 Å². The molecular formula is C19H28N6O2. The number of hydrogen-bond donors (Lipinski definition) is 2. The number of anilines is 1. The van der Waals surface area contributed by atoms with Crippen molar-refractivity contribution in [3.05, 3.63) is 18.6 Å². The third-order valence-corrected chi connectivity index (χ3v) is 4.67. The van der Waals surface area contributed by atoms with E-state index in [1.807, 2.05) is 25.4 Å². The van der Waals surface area contributed by atoms with Gasteiger partial charge in [-0.1, -0.05) is 6.92 Å². The van der Waals surface area contributed by atoms with Crippen LogP contribution in [0, 0.1) is 17.2 Å². The molecule has 1 saturated heterocycles. The molecule has 8 nitrogen and oxygen atoms in total. The number of carbonyl (C=O) groups is 1. The lowest BCUT2D eigenvalue weighted by Crippen LogP contribution is -2.52. The molecule has 0 bridgehead atoms. The highest BCUT2D eigenvalue weighted by molar-refractivity contribution is 5.87. The minimum Gasteiger partial charge on any atom is -0.394 e. The van der Waals surface area contributed by atoms with Crippen LogP contribution in [0.4, 0.5) is 5.82 Å². The van der Waals surface area contributed by atoms with Gasteiger partial charge in [-0.05, 0) is 32.3 Å². The zero-order valence-electron chi connectivity index (χ0n) is 16.4. The van der Waals surface area contributed by atoms with E-state index in [0.717, 1.165) is 29.8 Å². The second-order valence-corrected chi connectivity index (χ2v) is 7.15. The molecule has 2 N–H and O–H groups in total. The van der Waals surface area contributed by atoms with Gasteiger partial charge in [0.15, 0.2) is 0 Å². The van der Waals surface area contributed by atoms with E-state index >= 15 is 0 Å². The smallest absolute Gasteiger partial charge is 0.236 e. The molecule has 0 saturated carbocycles. The number of nitriles is 1. The summed E-state index contributed by atoms with van der Waals surface area (Å²) in [6.45, 7) is 6.98. The number of piperidine rings is 1. The summed E-state index contributed by atoms with van der Waals surface area (Å²) < 4.78 is 0. The Morgan fingerprint density at radius 1 is 1.52 bits per heavy atom. The lowest BCUT2D eigenvalue weighted by molar-refractivity contribution is -0.131. The third kappa shape index (κ3) is 5.17. The zero-order valence-corrected chi connectivity index (χ0v) is 16.4. The molecular weight excluding hydrogens is 344 g/mol. The molecule has 0 aliphatic carbocycles. The van der Waals surface area contributed by atoms with Crippen molar-refractivity contribution in [2.24, 2.45) is 5.92 Å². The number of hydrogen-bond acceptors (Lipinski definition) is 6. The number of rotatable bonds is 3. The quantitative estimate of drug-likeness (QED) is 0.852. The van der Waals surface area contributed by atoms with Crippen LogP contribution in [0.25, 0.3) is 11.0 Å². The van der Waals surface area contributed by atoms with Crippen LogP contribution in [0.15, 0.2) is 18.6 Å². The van der Waals surface area contributed by atoms with Crippen molar-refractivity contribution < 1.29 is 9.90 Å². The Morgan fingerprint density at radius 2 is 2.22 bits per heavy atom. The number of likely N-dealkylation sites (N-methyl/N-ethyl adjacent to an activating group) is 1. The molecule has 1 aliphatic heterocycles. The molecule has 0 radical (unpaired) electrons. The molecule has 146 valence electrons. The predicted molar refractivity (Wildman–Crippen MR) is 104 cm³/mol. The maximum Gasteiger partial charge on any atom is 0.236 e. The van der Waals surface area contributed by atoms with Gasteiger partial charge in [-0.2, -0.15) is 5.26 Å². The van der Waals surface area contributed by atoms with Crippen LogP contribution in [0.1, 0.15) is 33.6 Å². The Morgan fingerprint density at radius 3 is 2.89 bits per heavy atom. The number of nitrogens with zero attached hydrogens (tertiary/aromatic N) is 5. The topological polar surface area (TPSA) is 109 Å². The molecule has 3 heterocycles. The van der Waals surface area contributed by atoms with Crippen molar-refractivity contribution in [1.29, 1.82) is 5.26 Å². The number of nitrogens with one attached hydrogen (secondary N) is 1. The van der Waals surface area contributed by atoms with Crippen molar-refractivity contribution in [2.75, 3.05) is 25.0 Å². The first-order chi connectivity index (χ1) is 12.8. The van der Waals surface area contributed by atoms with E-state index in [-0.39, 0.29) is 24.5 Å². The largest absolute Gasteiger partial charge is 0.394 e. The molecule has 3 rings (SSSR count). The molecule has 2 atom stereocenters. The Kier molecular flexibility index (Phi) is 7.13. The summed E-state index contributed by atoms with van der Waals surface area (Å²) in [4.78, 5) is 27.7. The fraction of sp³-hybridized carbons (Fsp3) is 0.579. The summed E-state index contributed by atoms with van der Waals surface area (Å²) in [6.07, 6.45) is 4.11. The van der Waals surface area contributed by atoms with Gasteiger partial charge in [0, 0.05) is 32.4 Å². The summed E-state index contributed by atoms with van der Waals surface area (Å²) in [6, 6.07) is 4.07. The van der Waals surface area contributed by atoms with Gasteiger partial charge in [0.25, 0.3) is 0 Å². The second-order valence-electron chi connectivity index (χ2n) is 7.15. The van der Waals surface area contributed by atoms with Crippen LogP contribution in [-0.4, -0.2) is 63.1 Å². The normalized spacial score (nSPS) is 19.4. The van der Waals surface area contributed by atoms with E-state index in [1.54, 1.807) is 25.1 Å². The van der Waals surface area contributed by atoms with Gasteiger partial charge in [0.2, 0.25) is 5.91 Å². The molecule has 0 aromatic carbocycles. The standard InChI is InChI=1S/C16H20N6O.C3H8O/c1-11-5-8-22(14(23)3-6-17)9-13(11)21(2)16-12-4-7-18-15(12)19-10-20-16;1-3(2)4/h4,7,10-11,13H,3,5,8-9H2,1-2H3,(H,18,19,20);3-4H,1-2H3/t11-,13+;/m1./s1. The average molecular weight is 372 g/mol. The van der Waals surface area contributed by atoms with Crippen molar-refractivity contribution in [1.82, 2.24) is 19.9 Å². The van der Waals surface area contributed by atoms with E-state index in [4.69, 9.17) is 10.4 Å². The number of aromatic amines is 1. The molecule has 0 spiro atoms. The van der Waals surface area contributed by atoms with Crippen molar-refractivity contribution in [3.63, 3.8) is 0 Å². The first-order valence-corrected chi connectivity index (χ1v) is 9.18. The van der Waals surface area contributed by atoms with Crippen molar-refractivity contribution in [2.45, 2.75) is 45.8 Å². The van der Waals surface area contributed by atoms with Gasteiger partial charge in [-0.3, -0.25) is 4.79 Å². The molecule has 0 unspecified atom stereocenters. The lowest BCUT2D eigenvalue weighted by Gasteiger charge is -2.42. The van der Waals surface area contributed by atoms with E-state index in [2.05, 4.69) is 26.8 Å². The molecule has 2 aromatic heterocycles. The highest BCUT2D eigenvalue weighted by atomic mass is 16.3. The maximum atomic E-state index is 12.0. The molecule has 1 aliphatic rings. The van der Waals surface area contributed by atoms with Crippen LogP contribution in [0.2, 0.25) is 0 Å². The van der Waals surface area contributed by atoms with Crippen LogP contribution in [-0.2, 0) is 4.79 Å². The van der Waals surface area contributed by atoms with Crippen LogP contribution in [0.5, 0.6) is 0 Å². The van der Waals surface area contributed by atoms with E-state index in [9.17, 15) is 4.79 Å². The number of aliphatic hydroxyl groups excluding tert-OH is 1. The molecule has 2 aromatic rings. The van der Waals surface area contributed by atoms with Gasteiger partial charge < -0.3 is 19.9 Å². The van der Waals surface area contributed by atoms with Crippen LogP contribution < -0.4 is 4.90 Å². The SMILES string of the molecule is CC(C)O.C[C@@H]1CCN(C(=O)CC#N)C[C@@H]1N(C)c1ncnc2[nH]ccc12. The van der Waals surface area contributed by atoms with Gasteiger partial charge in [0.05, 0.1) is 17.5 Å². The molecule has 1 fully saturated rings. The summed E-state index contributed by atoms with van der Waals surface area (Å²) in [7, 11) is 2.01. The van der Waals surface area contributed by atoms with Gasteiger partial charge in [-0.25, -0.2) is 9.97 Å². The molecule has 8 heteroatoms. The van der Waals surface area contributed by atoms with Crippen molar-refractivity contribution in [3.8, 4) is 6.07 Å². The fourth-order valence-corrected chi connectivity index (χ4v) is 3.26. The third-order valence-electron chi connectivity index (χ3n) is 4.67. The zero-order chi connectivity index (χ0) is 20.0. The van der Waals surface area contributed by atoms with E-state index in [0.29, 0.717) is 12.5 Å². The minimum atomic E-state index is -0.167. The van der Waals surface area contributed by atoms with Gasteiger partial charge >= 0.3 is 0 Å². The monoisotopic (exact) mass is 372 g/mol. The Balaban J connectivity index is 0.000000596. The summed E-state index contributed by atoms with van der Waals surface area (Å²) in [5.74, 6) is 1.21. The number of fused-ring (bicyclic) bond motifs is 1.